The summed E-state index contributed by atoms with van der Waals surface area (Å²) < 4.78 is 0. The van der Waals surface area contributed by atoms with Gasteiger partial charge in [-0.3, -0.25) is 10.1 Å². The van der Waals surface area contributed by atoms with Gasteiger partial charge in [0.05, 0.1) is 16.6 Å². The first-order valence-electron chi connectivity index (χ1n) is 4.79. The Kier molecular flexibility index (Phi) is 3.94. The Morgan fingerprint density at radius 2 is 2.12 bits per heavy atom. The van der Waals surface area contributed by atoms with Crippen molar-refractivity contribution in [2.45, 2.75) is 19.1 Å². The van der Waals surface area contributed by atoms with Gasteiger partial charge in [-0.2, -0.15) is 0 Å². The average Bonchev–Trinajstić information content (AvgIpc) is 2.26. The number of nitrogens with zero attached hydrogens (tertiary/aromatic N) is 1. The minimum atomic E-state index is -1.34. The molecule has 0 amide bonds. The first-order valence-corrected chi connectivity index (χ1v) is 4.79. The van der Waals surface area contributed by atoms with Crippen molar-refractivity contribution >= 4 is 5.69 Å². The number of nitro groups is 1. The molecule has 0 aliphatic rings. The van der Waals surface area contributed by atoms with Crippen LogP contribution in [-0.2, 0) is 0 Å². The normalized spacial score (nSPS) is 14.5. The number of hydrogen-bond acceptors (Lipinski definition) is 5. The molecule has 4 N–H and O–H groups in total. The molecule has 6 heteroatoms. The van der Waals surface area contributed by atoms with E-state index in [0.717, 1.165) is 0 Å². The maximum absolute atomic E-state index is 10.8. The number of aliphatic hydroxyl groups is 2. The molecule has 16 heavy (non-hydrogen) atoms. The SMILES string of the molecule is Cc1cccc([N+](=O)[O-])c1C(O)C(O)CN. The van der Waals surface area contributed by atoms with Crippen LogP contribution in [0.5, 0.6) is 0 Å². The lowest BCUT2D eigenvalue weighted by atomic mass is 9.97. The van der Waals surface area contributed by atoms with Gasteiger partial charge in [-0.05, 0) is 12.5 Å². The fourth-order valence-electron chi connectivity index (χ4n) is 1.53. The van der Waals surface area contributed by atoms with Crippen LogP contribution in [0.3, 0.4) is 0 Å². The molecule has 0 aliphatic carbocycles. The zero-order chi connectivity index (χ0) is 12.3. The number of aliphatic hydroxyl groups excluding tert-OH is 2. The number of hydrogen-bond donors (Lipinski definition) is 3. The van der Waals surface area contributed by atoms with Crippen LogP contribution in [0.25, 0.3) is 0 Å². The zero-order valence-corrected chi connectivity index (χ0v) is 8.83. The Balaban J connectivity index is 3.24. The van der Waals surface area contributed by atoms with E-state index in [-0.39, 0.29) is 17.8 Å². The van der Waals surface area contributed by atoms with E-state index in [2.05, 4.69) is 0 Å². The van der Waals surface area contributed by atoms with Crippen LogP contribution < -0.4 is 5.73 Å². The van der Waals surface area contributed by atoms with E-state index in [1.807, 2.05) is 0 Å². The second kappa shape index (κ2) is 5.02. The quantitative estimate of drug-likeness (QED) is 0.503. The number of nitrogens with two attached hydrogens (primary N) is 1. The van der Waals surface area contributed by atoms with E-state index in [0.29, 0.717) is 5.56 Å². The fourth-order valence-corrected chi connectivity index (χ4v) is 1.53. The van der Waals surface area contributed by atoms with E-state index in [1.54, 1.807) is 13.0 Å². The third-order valence-electron chi connectivity index (χ3n) is 2.40. The van der Waals surface area contributed by atoms with Crippen molar-refractivity contribution in [3.63, 3.8) is 0 Å². The van der Waals surface area contributed by atoms with Gasteiger partial charge in [0.15, 0.2) is 0 Å². The molecule has 0 spiro atoms. The largest absolute Gasteiger partial charge is 0.389 e. The highest BCUT2D eigenvalue weighted by molar-refractivity contribution is 5.46. The topological polar surface area (TPSA) is 110 Å². The second-order valence-electron chi connectivity index (χ2n) is 3.51. The standard InChI is InChI=1S/C10H14N2O4/c1-6-3-2-4-7(12(15)16)9(6)10(14)8(13)5-11/h2-4,8,10,13-14H,5,11H2,1H3. The molecule has 2 unspecified atom stereocenters. The maximum atomic E-state index is 10.8. The molecule has 0 aliphatic heterocycles. The first kappa shape index (κ1) is 12.6. The molecular formula is C10H14N2O4. The van der Waals surface area contributed by atoms with Crippen LogP contribution in [0.15, 0.2) is 18.2 Å². The Hall–Kier alpha value is -1.50. The minimum Gasteiger partial charge on any atom is -0.389 e. The van der Waals surface area contributed by atoms with Crippen molar-refractivity contribution in [3.05, 3.63) is 39.4 Å². The monoisotopic (exact) mass is 226 g/mol. The minimum absolute atomic E-state index is 0.116. The number of nitro benzene ring substituents is 1. The van der Waals surface area contributed by atoms with Crippen molar-refractivity contribution < 1.29 is 15.1 Å². The molecule has 0 bridgehead atoms. The summed E-state index contributed by atoms with van der Waals surface area (Å²) in [6.07, 6.45) is -2.55. The molecule has 1 rings (SSSR count). The van der Waals surface area contributed by atoms with Crippen LogP contribution in [0.1, 0.15) is 17.2 Å². The van der Waals surface area contributed by atoms with E-state index >= 15 is 0 Å². The summed E-state index contributed by atoms with van der Waals surface area (Å²) in [5.41, 5.74) is 5.66. The lowest BCUT2D eigenvalue weighted by Crippen LogP contribution is -2.28. The first-order chi connectivity index (χ1) is 7.49. The zero-order valence-electron chi connectivity index (χ0n) is 8.83. The highest BCUT2D eigenvalue weighted by atomic mass is 16.6. The molecule has 1 aromatic carbocycles. The summed E-state index contributed by atoms with van der Waals surface area (Å²) in [6.45, 7) is 1.47. The Morgan fingerprint density at radius 1 is 1.50 bits per heavy atom. The molecule has 0 fully saturated rings. The molecule has 0 heterocycles. The third kappa shape index (κ3) is 2.35. The van der Waals surface area contributed by atoms with E-state index < -0.39 is 17.1 Å². The summed E-state index contributed by atoms with van der Waals surface area (Å²) in [6, 6.07) is 4.45. The summed E-state index contributed by atoms with van der Waals surface area (Å²) in [4.78, 5) is 10.2. The van der Waals surface area contributed by atoms with E-state index in [1.165, 1.54) is 12.1 Å². The molecular weight excluding hydrogens is 212 g/mol. The van der Waals surface area contributed by atoms with Crippen molar-refractivity contribution in [3.8, 4) is 0 Å². The summed E-state index contributed by atoms with van der Waals surface area (Å²) >= 11 is 0. The van der Waals surface area contributed by atoms with Gasteiger partial charge in [-0.25, -0.2) is 0 Å². The molecule has 2 atom stereocenters. The maximum Gasteiger partial charge on any atom is 0.275 e. The van der Waals surface area contributed by atoms with Crippen LogP contribution in [-0.4, -0.2) is 27.8 Å². The summed E-state index contributed by atoms with van der Waals surface area (Å²) in [7, 11) is 0. The number of benzene rings is 1. The predicted molar refractivity (Wildman–Crippen MR) is 57.9 cm³/mol. The Morgan fingerprint density at radius 3 is 2.62 bits per heavy atom. The molecule has 1 aromatic rings. The molecule has 88 valence electrons. The Bertz CT molecular complexity index is 394. The molecule has 0 saturated heterocycles. The van der Waals surface area contributed by atoms with Crippen molar-refractivity contribution in [2.24, 2.45) is 5.73 Å². The lowest BCUT2D eigenvalue weighted by Gasteiger charge is -2.18. The van der Waals surface area contributed by atoms with E-state index in [9.17, 15) is 20.3 Å². The van der Waals surface area contributed by atoms with Crippen LogP contribution in [0.2, 0.25) is 0 Å². The highest BCUT2D eigenvalue weighted by Gasteiger charge is 2.26. The van der Waals surface area contributed by atoms with Gasteiger partial charge in [0, 0.05) is 12.6 Å². The van der Waals surface area contributed by atoms with Crippen LogP contribution in [0.4, 0.5) is 5.69 Å². The summed E-state index contributed by atoms with van der Waals surface area (Å²) in [5, 5.41) is 29.9. The third-order valence-corrected chi connectivity index (χ3v) is 2.40. The van der Waals surface area contributed by atoms with E-state index in [4.69, 9.17) is 5.73 Å². The predicted octanol–water partition coefficient (Wildman–Crippen LogP) is 0.256. The highest BCUT2D eigenvalue weighted by Crippen LogP contribution is 2.29. The molecule has 6 nitrogen and oxygen atoms in total. The van der Waals surface area contributed by atoms with Gasteiger partial charge in [0.1, 0.15) is 6.10 Å². The molecule has 0 radical (unpaired) electrons. The van der Waals surface area contributed by atoms with Gasteiger partial charge in [0.2, 0.25) is 0 Å². The van der Waals surface area contributed by atoms with Gasteiger partial charge in [-0.1, -0.05) is 12.1 Å². The average molecular weight is 226 g/mol. The Labute approximate surface area is 92.5 Å². The van der Waals surface area contributed by atoms with Crippen molar-refractivity contribution in [1.82, 2.24) is 0 Å². The van der Waals surface area contributed by atoms with Gasteiger partial charge >= 0.3 is 0 Å². The van der Waals surface area contributed by atoms with Crippen LogP contribution in [0, 0.1) is 17.0 Å². The second-order valence-corrected chi connectivity index (χ2v) is 3.51. The smallest absolute Gasteiger partial charge is 0.275 e. The molecule has 0 saturated carbocycles. The molecule has 0 aromatic heterocycles. The van der Waals surface area contributed by atoms with Gasteiger partial charge < -0.3 is 15.9 Å². The van der Waals surface area contributed by atoms with Gasteiger partial charge in [0.25, 0.3) is 5.69 Å². The van der Waals surface area contributed by atoms with Crippen LogP contribution >= 0.6 is 0 Å². The lowest BCUT2D eigenvalue weighted by molar-refractivity contribution is -0.386. The fraction of sp³-hybridized carbons (Fsp3) is 0.400. The van der Waals surface area contributed by atoms with Crippen molar-refractivity contribution in [2.75, 3.05) is 6.54 Å². The van der Waals surface area contributed by atoms with Gasteiger partial charge in [-0.15, -0.1) is 0 Å². The number of rotatable bonds is 4. The summed E-state index contributed by atoms with van der Waals surface area (Å²) in [5.74, 6) is 0. The van der Waals surface area contributed by atoms with Crippen molar-refractivity contribution in [1.29, 1.82) is 0 Å². The number of aryl methyl sites for hydroxylation is 1.